The van der Waals surface area contributed by atoms with E-state index < -0.39 is 21.6 Å². The molecule has 1 aromatic rings. The van der Waals surface area contributed by atoms with Crippen LogP contribution in [-0.4, -0.2) is 31.9 Å². The van der Waals surface area contributed by atoms with E-state index in [0.29, 0.717) is 12.8 Å². The first-order chi connectivity index (χ1) is 9.28. The van der Waals surface area contributed by atoms with Crippen LogP contribution in [0.5, 0.6) is 0 Å². The van der Waals surface area contributed by atoms with Gasteiger partial charge in [0.05, 0.1) is 22.8 Å². The zero-order valence-electron chi connectivity index (χ0n) is 10.7. The first-order valence-electron chi connectivity index (χ1n) is 6.14. The number of carbonyl (C=O) groups is 1. The molecule has 1 aromatic carbocycles. The van der Waals surface area contributed by atoms with E-state index in [0.717, 1.165) is 6.07 Å². The molecule has 0 aliphatic carbocycles. The molecule has 2 rings (SSSR count). The molecule has 20 heavy (non-hydrogen) atoms. The van der Waals surface area contributed by atoms with Crippen LogP contribution >= 0.6 is 0 Å². The Bertz CT molecular complexity index is 646. The summed E-state index contributed by atoms with van der Waals surface area (Å²) in [4.78, 5) is 11.2. The number of benzene rings is 1. The molecule has 6 nitrogen and oxygen atoms in total. The van der Waals surface area contributed by atoms with Gasteiger partial charge in [-0.05, 0) is 25.0 Å². The molecule has 0 spiro atoms. The summed E-state index contributed by atoms with van der Waals surface area (Å²) < 4.78 is 36.9. The summed E-state index contributed by atoms with van der Waals surface area (Å²) in [6.45, 7) is 0. The van der Waals surface area contributed by atoms with E-state index in [9.17, 15) is 17.6 Å². The molecule has 0 saturated carbocycles. The molecule has 0 aromatic heterocycles. The highest BCUT2D eigenvalue weighted by Crippen LogP contribution is 2.24. The van der Waals surface area contributed by atoms with Gasteiger partial charge >= 0.3 is 0 Å². The van der Waals surface area contributed by atoms with Crippen LogP contribution < -0.4 is 16.8 Å². The summed E-state index contributed by atoms with van der Waals surface area (Å²) in [6.07, 6.45) is 1.15. The number of nitrogens with two attached hydrogens (primary N) is 2. The number of hydrogen-bond acceptors (Lipinski definition) is 5. The molecule has 1 amide bonds. The molecule has 110 valence electrons. The number of rotatable bonds is 3. The Morgan fingerprint density at radius 2 is 2.10 bits per heavy atom. The van der Waals surface area contributed by atoms with Gasteiger partial charge < -0.3 is 16.8 Å². The lowest BCUT2D eigenvalue weighted by molar-refractivity contribution is 0.100. The number of carbonyl (C=O) groups excluding carboxylic acids is 1. The van der Waals surface area contributed by atoms with E-state index in [1.54, 1.807) is 0 Å². The molecule has 1 atom stereocenters. The predicted molar refractivity (Wildman–Crippen MR) is 74.6 cm³/mol. The fraction of sp³-hybridized carbons (Fsp3) is 0.417. The van der Waals surface area contributed by atoms with E-state index in [1.165, 1.54) is 6.07 Å². The van der Waals surface area contributed by atoms with Crippen molar-refractivity contribution in [1.82, 2.24) is 0 Å². The number of hydrogen-bond donors (Lipinski definition) is 3. The van der Waals surface area contributed by atoms with Gasteiger partial charge in [-0.1, -0.05) is 0 Å². The molecule has 0 radical (unpaired) electrons. The van der Waals surface area contributed by atoms with Crippen molar-refractivity contribution >= 4 is 27.1 Å². The van der Waals surface area contributed by atoms with Gasteiger partial charge in [-0.25, -0.2) is 12.8 Å². The summed E-state index contributed by atoms with van der Waals surface area (Å²) in [6, 6.07) is 1.83. The molecule has 5 N–H and O–H groups in total. The van der Waals surface area contributed by atoms with E-state index in [1.807, 2.05) is 0 Å². The van der Waals surface area contributed by atoms with Crippen LogP contribution in [0.15, 0.2) is 12.1 Å². The summed E-state index contributed by atoms with van der Waals surface area (Å²) in [5.41, 5.74) is 10.6. The third-order valence-corrected chi connectivity index (χ3v) is 5.05. The molecule has 1 saturated heterocycles. The number of sulfone groups is 1. The van der Waals surface area contributed by atoms with Crippen molar-refractivity contribution in [2.75, 3.05) is 22.6 Å². The molecule has 1 aliphatic heterocycles. The van der Waals surface area contributed by atoms with Gasteiger partial charge in [-0.3, -0.25) is 4.79 Å². The van der Waals surface area contributed by atoms with Gasteiger partial charge in [-0.15, -0.1) is 0 Å². The minimum atomic E-state index is -3.10. The zero-order chi connectivity index (χ0) is 14.9. The Morgan fingerprint density at radius 3 is 2.70 bits per heavy atom. The second kappa shape index (κ2) is 5.28. The lowest BCUT2D eigenvalue weighted by Gasteiger charge is -2.24. The number of nitrogens with one attached hydrogen (secondary N) is 1. The van der Waals surface area contributed by atoms with Crippen LogP contribution in [0.2, 0.25) is 0 Å². The molecule has 8 heteroatoms. The molecular weight excluding hydrogens is 285 g/mol. The Balaban J connectivity index is 2.25. The van der Waals surface area contributed by atoms with Crippen LogP contribution in [0.3, 0.4) is 0 Å². The molecule has 0 bridgehead atoms. The van der Waals surface area contributed by atoms with E-state index in [-0.39, 0.29) is 34.5 Å². The Morgan fingerprint density at radius 1 is 1.40 bits per heavy atom. The van der Waals surface area contributed by atoms with Crippen LogP contribution in [0.4, 0.5) is 15.8 Å². The first kappa shape index (κ1) is 14.6. The topological polar surface area (TPSA) is 115 Å². The number of anilines is 2. The highest BCUT2D eigenvalue weighted by Gasteiger charge is 2.25. The second-order valence-corrected chi connectivity index (χ2v) is 7.11. The van der Waals surface area contributed by atoms with Gasteiger partial charge in [0.25, 0.3) is 5.91 Å². The quantitative estimate of drug-likeness (QED) is 0.703. The molecular formula is C12H16FN3O3S. The summed E-state index contributed by atoms with van der Waals surface area (Å²) in [5, 5.41) is 2.81. The van der Waals surface area contributed by atoms with Crippen LogP contribution in [-0.2, 0) is 9.84 Å². The minimum absolute atomic E-state index is 0.00701. The lowest BCUT2D eigenvalue weighted by Crippen LogP contribution is -2.35. The van der Waals surface area contributed by atoms with Crippen molar-refractivity contribution in [2.24, 2.45) is 5.73 Å². The number of primary amides is 1. The Kier molecular flexibility index (Phi) is 3.85. The van der Waals surface area contributed by atoms with E-state index in [4.69, 9.17) is 11.5 Å². The van der Waals surface area contributed by atoms with Crippen LogP contribution in [0.25, 0.3) is 0 Å². The largest absolute Gasteiger partial charge is 0.398 e. The minimum Gasteiger partial charge on any atom is -0.398 e. The highest BCUT2D eigenvalue weighted by atomic mass is 32.2. The van der Waals surface area contributed by atoms with Gasteiger partial charge in [0.15, 0.2) is 9.84 Å². The maximum Gasteiger partial charge on any atom is 0.250 e. The average Bonchev–Trinajstić information content (AvgIpc) is 2.31. The van der Waals surface area contributed by atoms with Gasteiger partial charge in [0.2, 0.25) is 0 Å². The molecule has 1 fully saturated rings. The molecule has 1 aliphatic rings. The van der Waals surface area contributed by atoms with Crippen molar-refractivity contribution in [3.05, 3.63) is 23.5 Å². The van der Waals surface area contributed by atoms with Crippen LogP contribution in [0, 0.1) is 5.82 Å². The smallest absolute Gasteiger partial charge is 0.250 e. The average molecular weight is 301 g/mol. The maximum absolute atomic E-state index is 13.8. The monoisotopic (exact) mass is 301 g/mol. The molecule has 1 heterocycles. The number of amides is 1. The summed E-state index contributed by atoms with van der Waals surface area (Å²) >= 11 is 0. The maximum atomic E-state index is 13.8. The highest BCUT2D eigenvalue weighted by molar-refractivity contribution is 7.91. The summed E-state index contributed by atoms with van der Waals surface area (Å²) in [7, 11) is -3.10. The Hall–Kier alpha value is -1.83. The zero-order valence-corrected chi connectivity index (χ0v) is 11.5. The summed E-state index contributed by atoms with van der Waals surface area (Å²) in [5.74, 6) is -1.30. The van der Waals surface area contributed by atoms with Gasteiger partial charge in [0, 0.05) is 11.7 Å². The normalized spacial score (nSPS) is 21.4. The fourth-order valence-corrected chi connectivity index (χ4v) is 3.91. The SMILES string of the molecule is NC(=O)c1cc(NC2CCCS(=O)(=O)C2)c(F)cc1N. The van der Waals surface area contributed by atoms with Crippen LogP contribution in [0.1, 0.15) is 23.2 Å². The van der Waals surface area contributed by atoms with Crippen molar-refractivity contribution in [3.63, 3.8) is 0 Å². The first-order valence-corrected chi connectivity index (χ1v) is 7.96. The molecule has 1 unspecified atom stereocenters. The van der Waals surface area contributed by atoms with E-state index in [2.05, 4.69) is 5.32 Å². The van der Waals surface area contributed by atoms with Crippen molar-refractivity contribution in [3.8, 4) is 0 Å². The fourth-order valence-electron chi connectivity index (χ4n) is 2.27. The van der Waals surface area contributed by atoms with Crippen molar-refractivity contribution in [1.29, 1.82) is 0 Å². The second-order valence-electron chi connectivity index (χ2n) is 4.88. The van der Waals surface area contributed by atoms with E-state index >= 15 is 0 Å². The van der Waals surface area contributed by atoms with Crippen molar-refractivity contribution < 1.29 is 17.6 Å². The van der Waals surface area contributed by atoms with Gasteiger partial charge in [-0.2, -0.15) is 0 Å². The number of halogens is 1. The Labute approximate surface area is 116 Å². The van der Waals surface area contributed by atoms with Crippen molar-refractivity contribution in [2.45, 2.75) is 18.9 Å². The lowest BCUT2D eigenvalue weighted by atomic mass is 10.1. The third kappa shape index (κ3) is 3.19. The third-order valence-electron chi connectivity index (χ3n) is 3.23. The number of nitrogen functional groups attached to an aromatic ring is 1. The van der Waals surface area contributed by atoms with Gasteiger partial charge in [0.1, 0.15) is 5.82 Å². The standard InChI is InChI=1S/C12H16FN3O3S/c13-9-5-10(14)8(12(15)17)4-11(9)16-7-2-1-3-20(18,19)6-7/h4-5,7,16H,1-3,6,14H2,(H2,15,17). The predicted octanol–water partition coefficient (Wildman–Crippen LogP) is 0.496.